The molecule has 0 spiro atoms. The van der Waals surface area contributed by atoms with Crippen LogP contribution in [0.1, 0.15) is 22.1 Å². The predicted octanol–water partition coefficient (Wildman–Crippen LogP) is 3.10. The van der Waals surface area contributed by atoms with E-state index in [1.165, 1.54) is 0 Å². The minimum absolute atomic E-state index is 0.0537. The highest BCUT2D eigenvalue weighted by atomic mass is 32.2. The van der Waals surface area contributed by atoms with Crippen LogP contribution in [-0.4, -0.2) is 24.0 Å². The lowest BCUT2D eigenvalue weighted by Gasteiger charge is -2.23. The summed E-state index contributed by atoms with van der Waals surface area (Å²) in [5.74, 6) is 0.0153. The lowest BCUT2D eigenvalue weighted by Crippen LogP contribution is -2.26. The van der Waals surface area contributed by atoms with Crippen molar-refractivity contribution in [2.45, 2.75) is 12.8 Å². The number of thiophene rings is 1. The normalized spacial score (nSPS) is 19.1. The van der Waals surface area contributed by atoms with Crippen LogP contribution in [-0.2, 0) is 10.1 Å². The molecule has 118 valence electrons. The van der Waals surface area contributed by atoms with Gasteiger partial charge in [-0.15, -0.1) is 11.3 Å². The van der Waals surface area contributed by atoms with Gasteiger partial charge in [-0.05, 0) is 30.5 Å². The number of hydrogen-bond donors (Lipinski definition) is 0. The molecule has 0 N–H and O–H groups in total. The van der Waals surface area contributed by atoms with E-state index in [2.05, 4.69) is 5.10 Å². The number of aromatic nitrogens is 2. The molecule has 2 aromatic heterocycles. The van der Waals surface area contributed by atoms with Crippen LogP contribution in [0.3, 0.4) is 0 Å². The minimum Gasteiger partial charge on any atom is -0.361 e. The Labute approximate surface area is 138 Å². The van der Waals surface area contributed by atoms with Gasteiger partial charge >= 0.3 is 10.1 Å². The molecular weight excluding hydrogens is 332 g/mol. The summed E-state index contributed by atoms with van der Waals surface area (Å²) in [6.07, 6.45) is 0. The Balaban J connectivity index is 1.95. The monoisotopic (exact) mass is 346 g/mol. The Kier molecular flexibility index (Phi) is 3.28. The first-order valence-electron chi connectivity index (χ1n) is 7.16. The third-order valence-corrected chi connectivity index (χ3v) is 6.01. The van der Waals surface area contributed by atoms with Gasteiger partial charge in [-0.25, -0.2) is 0 Å². The van der Waals surface area contributed by atoms with E-state index in [1.54, 1.807) is 16.0 Å². The van der Waals surface area contributed by atoms with Crippen molar-refractivity contribution in [3.8, 4) is 11.6 Å². The van der Waals surface area contributed by atoms with Crippen LogP contribution < -0.4 is 4.18 Å². The van der Waals surface area contributed by atoms with Crippen molar-refractivity contribution in [2.24, 2.45) is 0 Å². The SMILES string of the molecule is Cc1nn(-c2ccccc2)c2c1C(c1cccs1)CS(=O)(=O)O2. The average molecular weight is 346 g/mol. The van der Waals surface area contributed by atoms with Gasteiger partial charge in [-0.3, -0.25) is 0 Å². The van der Waals surface area contributed by atoms with Crippen molar-refractivity contribution in [3.63, 3.8) is 0 Å². The first-order valence-corrected chi connectivity index (χ1v) is 9.61. The summed E-state index contributed by atoms with van der Waals surface area (Å²) < 4.78 is 31.4. The van der Waals surface area contributed by atoms with Crippen molar-refractivity contribution in [2.75, 3.05) is 5.75 Å². The highest BCUT2D eigenvalue weighted by Crippen LogP contribution is 2.42. The first-order chi connectivity index (χ1) is 11.1. The van der Waals surface area contributed by atoms with Gasteiger partial charge in [0.2, 0.25) is 5.88 Å². The zero-order valence-corrected chi connectivity index (χ0v) is 14.0. The number of nitrogens with zero attached hydrogens (tertiary/aromatic N) is 2. The third kappa shape index (κ3) is 2.46. The number of aryl methyl sites for hydroxylation is 1. The van der Waals surface area contributed by atoms with Crippen LogP contribution in [0.25, 0.3) is 5.69 Å². The Morgan fingerprint density at radius 2 is 2.00 bits per heavy atom. The molecule has 3 aromatic rings. The Bertz CT molecular complexity index is 945. The highest BCUT2D eigenvalue weighted by Gasteiger charge is 2.38. The summed E-state index contributed by atoms with van der Waals surface area (Å²) in [6.45, 7) is 1.89. The van der Waals surface area contributed by atoms with Gasteiger partial charge in [0.05, 0.1) is 17.1 Å². The fourth-order valence-electron chi connectivity index (χ4n) is 2.90. The van der Waals surface area contributed by atoms with Crippen molar-refractivity contribution in [1.29, 1.82) is 0 Å². The Morgan fingerprint density at radius 3 is 2.70 bits per heavy atom. The lowest BCUT2D eigenvalue weighted by atomic mass is 9.99. The second-order valence-electron chi connectivity index (χ2n) is 5.43. The van der Waals surface area contributed by atoms with Gasteiger partial charge in [-0.2, -0.15) is 18.2 Å². The van der Waals surface area contributed by atoms with Gasteiger partial charge in [0.1, 0.15) is 0 Å². The highest BCUT2D eigenvalue weighted by molar-refractivity contribution is 7.87. The van der Waals surface area contributed by atoms with E-state index in [1.807, 2.05) is 54.8 Å². The fraction of sp³-hybridized carbons (Fsp3) is 0.188. The van der Waals surface area contributed by atoms with E-state index >= 15 is 0 Å². The molecule has 5 nitrogen and oxygen atoms in total. The number of para-hydroxylation sites is 1. The molecule has 0 saturated carbocycles. The average Bonchev–Trinajstić information content (AvgIpc) is 3.15. The molecule has 0 amide bonds. The van der Waals surface area contributed by atoms with Gasteiger partial charge in [0.15, 0.2) is 0 Å². The quantitative estimate of drug-likeness (QED) is 0.669. The van der Waals surface area contributed by atoms with Crippen molar-refractivity contribution < 1.29 is 12.6 Å². The molecule has 1 atom stereocenters. The summed E-state index contributed by atoms with van der Waals surface area (Å²) in [5, 5.41) is 6.47. The summed E-state index contributed by atoms with van der Waals surface area (Å²) in [6, 6.07) is 13.3. The number of benzene rings is 1. The minimum atomic E-state index is -3.64. The molecule has 0 aliphatic carbocycles. The smallest absolute Gasteiger partial charge is 0.311 e. The second-order valence-corrected chi connectivity index (χ2v) is 8.02. The van der Waals surface area contributed by atoms with Gasteiger partial charge in [0, 0.05) is 16.4 Å². The fourth-order valence-corrected chi connectivity index (χ4v) is 5.07. The molecule has 1 aromatic carbocycles. The zero-order chi connectivity index (χ0) is 16.0. The predicted molar refractivity (Wildman–Crippen MR) is 88.9 cm³/mol. The van der Waals surface area contributed by atoms with E-state index < -0.39 is 10.1 Å². The molecule has 0 saturated heterocycles. The zero-order valence-electron chi connectivity index (χ0n) is 12.3. The van der Waals surface area contributed by atoms with Gasteiger partial charge in [0.25, 0.3) is 0 Å². The number of hydrogen-bond acceptors (Lipinski definition) is 5. The number of fused-ring (bicyclic) bond motifs is 1. The summed E-state index contributed by atoms with van der Waals surface area (Å²) in [5.41, 5.74) is 2.42. The molecule has 0 bridgehead atoms. The molecule has 0 radical (unpaired) electrons. The van der Waals surface area contributed by atoms with Gasteiger partial charge in [-0.1, -0.05) is 24.3 Å². The molecule has 4 rings (SSSR count). The second kappa shape index (κ2) is 5.21. The van der Waals surface area contributed by atoms with E-state index in [4.69, 9.17) is 4.18 Å². The van der Waals surface area contributed by atoms with Crippen molar-refractivity contribution in [3.05, 3.63) is 64.0 Å². The van der Waals surface area contributed by atoms with Crippen LogP contribution >= 0.6 is 11.3 Å². The van der Waals surface area contributed by atoms with Gasteiger partial charge < -0.3 is 4.18 Å². The van der Waals surface area contributed by atoms with Crippen LogP contribution in [0.4, 0.5) is 0 Å². The maximum absolute atomic E-state index is 12.3. The molecule has 3 heterocycles. The molecule has 1 aliphatic rings. The van der Waals surface area contributed by atoms with E-state index in [0.717, 1.165) is 21.8 Å². The Hall–Kier alpha value is -2.12. The Morgan fingerprint density at radius 1 is 1.22 bits per heavy atom. The van der Waals surface area contributed by atoms with Crippen LogP contribution in [0.15, 0.2) is 47.8 Å². The van der Waals surface area contributed by atoms with Crippen LogP contribution in [0.5, 0.6) is 5.88 Å². The lowest BCUT2D eigenvalue weighted by molar-refractivity contribution is 0.447. The molecular formula is C16H14N2O3S2. The van der Waals surface area contributed by atoms with Crippen LogP contribution in [0, 0.1) is 6.92 Å². The molecule has 1 aliphatic heterocycles. The van der Waals surface area contributed by atoms with E-state index in [9.17, 15) is 8.42 Å². The van der Waals surface area contributed by atoms with E-state index in [0.29, 0.717) is 5.88 Å². The largest absolute Gasteiger partial charge is 0.361 e. The number of rotatable bonds is 2. The summed E-state index contributed by atoms with van der Waals surface area (Å²) in [4.78, 5) is 1.01. The van der Waals surface area contributed by atoms with Crippen molar-refractivity contribution >= 4 is 21.5 Å². The molecule has 23 heavy (non-hydrogen) atoms. The molecule has 0 fully saturated rings. The van der Waals surface area contributed by atoms with E-state index in [-0.39, 0.29) is 11.7 Å². The summed E-state index contributed by atoms with van der Waals surface area (Å²) >= 11 is 1.55. The summed E-state index contributed by atoms with van der Waals surface area (Å²) in [7, 11) is -3.64. The standard InChI is InChI=1S/C16H14N2O3S2/c1-11-15-13(14-8-5-9-22-14)10-23(19,20)21-16(15)18(17-11)12-6-3-2-4-7-12/h2-9,13H,10H2,1H3. The third-order valence-electron chi connectivity index (χ3n) is 3.88. The maximum atomic E-state index is 12.3. The maximum Gasteiger partial charge on any atom is 0.311 e. The first kappa shape index (κ1) is 14.5. The van der Waals surface area contributed by atoms with Crippen molar-refractivity contribution in [1.82, 2.24) is 9.78 Å². The topological polar surface area (TPSA) is 61.2 Å². The molecule has 7 heteroatoms. The van der Waals surface area contributed by atoms with Crippen LogP contribution in [0.2, 0.25) is 0 Å². The molecule has 1 unspecified atom stereocenters.